The van der Waals surface area contributed by atoms with Gasteiger partial charge in [0.1, 0.15) is 5.82 Å². The Hall–Kier alpha value is -2.47. The Balaban J connectivity index is 0.00000169. The number of benzene rings is 1. The van der Waals surface area contributed by atoms with E-state index in [-0.39, 0.29) is 13.2 Å². The van der Waals surface area contributed by atoms with Crippen LogP contribution in [0.25, 0.3) is 11.2 Å². The molecule has 0 spiro atoms. The number of halogens is 1. The topological polar surface area (TPSA) is 46.0 Å². The first-order chi connectivity index (χ1) is 11.3. The monoisotopic (exact) mass is 327 g/mol. The normalized spacial score (nSPS) is 14.6. The second-order valence-electron chi connectivity index (χ2n) is 5.71. The lowest BCUT2D eigenvalue weighted by Crippen LogP contribution is -2.44. The maximum atomic E-state index is 13.1. The Morgan fingerprint density at radius 1 is 1.08 bits per heavy atom. The fraction of sp³-hybridized carbons (Fsp3) is 0.333. The molecule has 1 aliphatic heterocycles. The van der Waals surface area contributed by atoms with Crippen LogP contribution >= 0.6 is 0 Å². The highest BCUT2D eigenvalue weighted by Gasteiger charge is 2.19. The van der Waals surface area contributed by atoms with E-state index in [1.807, 2.05) is 24.3 Å². The van der Waals surface area contributed by atoms with E-state index in [9.17, 15) is 4.39 Å². The SMILES string of the molecule is C.Fc1ccc(Cn2c(N3CCNCC3)nc3ncccc32)cc1. The van der Waals surface area contributed by atoms with E-state index in [0.29, 0.717) is 6.54 Å². The molecule has 0 atom stereocenters. The van der Waals surface area contributed by atoms with Crippen LogP contribution in [0.15, 0.2) is 42.6 Å². The molecular weight excluding hydrogens is 305 g/mol. The number of piperazine rings is 1. The van der Waals surface area contributed by atoms with Gasteiger partial charge in [0.25, 0.3) is 0 Å². The van der Waals surface area contributed by atoms with Crippen molar-refractivity contribution in [2.24, 2.45) is 0 Å². The molecule has 1 saturated heterocycles. The summed E-state index contributed by atoms with van der Waals surface area (Å²) in [5, 5.41) is 3.36. The van der Waals surface area contributed by atoms with E-state index in [0.717, 1.165) is 48.9 Å². The summed E-state index contributed by atoms with van der Waals surface area (Å²) in [6.45, 7) is 4.40. The lowest BCUT2D eigenvalue weighted by atomic mass is 10.2. The van der Waals surface area contributed by atoms with Crippen LogP contribution in [0.3, 0.4) is 0 Å². The summed E-state index contributed by atoms with van der Waals surface area (Å²) < 4.78 is 15.3. The molecule has 1 aromatic carbocycles. The first kappa shape index (κ1) is 16.4. The predicted octanol–water partition coefficient (Wildman–Crippen LogP) is 2.66. The van der Waals surface area contributed by atoms with Crippen LogP contribution in [0.5, 0.6) is 0 Å². The minimum absolute atomic E-state index is 0. The smallest absolute Gasteiger partial charge is 0.208 e. The molecule has 24 heavy (non-hydrogen) atoms. The third-order valence-electron chi connectivity index (χ3n) is 4.16. The quantitative estimate of drug-likeness (QED) is 0.803. The van der Waals surface area contributed by atoms with Gasteiger partial charge in [0.15, 0.2) is 5.65 Å². The van der Waals surface area contributed by atoms with Gasteiger partial charge in [-0.2, -0.15) is 4.98 Å². The second kappa shape index (κ2) is 6.97. The molecule has 3 heterocycles. The fourth-order valence-electron chi connectivity index (χ4n) is 2.98. The largest absolute Gasteiger partial charge is 0.340 e. The number of hydrogen-bond donors (Lipinski definition) is 1. The average Bonchev–Trinajstić information content (AvgIpc) is 2.96. The van der Waals surface area contributed by atoms with Crippen LogP contribution in [0.4, 0.5) is 10.3 Å². The molecule has 0 bridgehead atoms. The van der Waals surface area contributed by atoms with Gasteiger partial charge in [0.05, 0.1) is 12.1 Å². The first-order valence-corrected chi connectivity index (χ1v) is 7.82. The molecule has 0 unspecified atom stereocenters. The summed E-state index contributed by atoms with van der Waals surface area (Å²) in [5.74, 6) is 0.720. The maximum Gasteiger partial charge on any atom is 0.208 e. The highest BCUT2D eigenvalue weighted by atomic mass is 19.1. The van der Waals surface area contributed by atoms with Crippen molar-refractivity contribution in [1.29, 1.82) is 0 Å². The number of aromatic nitrogens is 3. The minimum atomic E-state index is -0.215. The molecule has 4 rings (SSSR count). The standard InChI is InChI=1S/C17H18FN5.CH4/c18-14-5-3-13(4-6-14)12-23-15-2-1-7-20-16(15)21-17(23)22-10-8-19-9-11-22;/h1-7,19H,8-12H2;1H4. The summed E-state index contributed by atoms with van der Waals surface area (Å²) in [4.78, 5) is 11.4. The summed E-state index contributed by atoms with van der Waals surface area (Å²) in [7, 11) is 0. The van der Waals surface area contributed by atoms with Gasteiger partial charge in [-0.3, -0.25) is 0 Å². The summed E-state index contributed by atoms with van der Waals surface area (Å²) in [6, 6.07) is 10.6. The van der Waals surface area contributed by atoms with Crippen molar-refractivity contribution < 1.29 is 4.39 Å². The summed E-state index contributed by atoms with van der Waals surface area (Å²) >= 11 is 0. The average molecular weight is 327 g/mol. The Kier molecular flexibility index (Phi) is 4.76. The molecule has 126 valence electrons. The molecule has 1 N–H and O–H groups in total. The van der Waals surface area contributed by atoms with Gasteiger partial charge in [-0.05, 0) is 29.8 Å². The van der Waals surface area contributed by atoms with Crippen LogP contribution in [0.1, 0.15) is 13.0 Å². The number of hydrogen-bond acceptors (Lipinski definition) is 4. The number of pyridine rings is 1. The highest BCUT2D eigenvalue weighted by Crippen LogP contribution is 2.23. The van der Waals surface area contributed by atoms with E-state index < -0.39 is 0 Å². The molecule has 1 fully saturated rings. The van der Waals surface area contributed by atoms with E-state index in [1.165, 1.54) is 12.1 Å². The van der Waals surface area contributed by atoms with Crippen LogP contribution in [-0.4, -0.2) is 40.7 Å². The van der Waals surface area contributed by atoms with Crippen molar-refractivity contribution >= 4 is 17.1 Å². The molecule has 5 nitrogen and oxygen atoms in total. The van der Waals surface area contributed by atoms with E-state index >= 15 is 0 Å². The van der Waals surface area contributed by atoms with Crippen molar-refractivity contribution in [3.8, 4) is 0 Å². The number of nitrogens with zero attached hydrogens (tertiary/aromatic N) is 4. The molecule has 6 heteroatoms. The Morgan fingerprint density at radius 3 is 2.58 bits per heavy atom. The van der Waals surface area contributed by atoms with Crippen LogP contribution in [0, 0.1) is 5.82 Å². The van der Waals surface area contributed by atoms with Gasteiger partial charge in [-0.1, -0.05) is 19.6 Å². The molecule has 2 aromatic heterocycles. The fourth-order valence-corrected chi connectivity index (χ4v) is 2.98. The molecule has 0 aliphatic carbocycles. The molecular formula is C18H22FN5. The Bertz CT molecular complexity index is 806. The third-order valence-corrected chi connectivity index (χ3v) is 4.16. The van der Waals surface area contributed by atoms with Gasteiger partial charge in [0.2, 0.25) is 5.95 Å². The first-order valence-electron chi connectivity index (χ1n) is 7.82. The van der Waals surface area contributed by atoms with Crippen LogP contribution in [0.2, 0.25) is 0 Å². The van der Waals surface area contributed by atoms with Crippen molar-refractivity contribution in [2.75, 3.05) is 31.1 Å². The van der Waals surface area contributed by atoms with Gasteiger partial charge < -0.3 is 14.8 Å². The van der Waals surface area contributed by atoms with E-state index in [1.54, 1.807) is 6.20 Å². The lowest BCUT2D eigenvalue weighted by Gasteiger charge is -2.28. The number of rotatable bonds is 3. The van der Waals surface area contributed by atoms with Crippen LogP contribution < -0.4 is 10.2 Å². The minimum Gasteiger partial charge on any atom is -0.340 e. The number of imidazole rings is 1. The highest BCUT2D eigenvalue weighted by molar-refractivity contribution is 5.75. The van der Waals surface area contributed by atoms with Gasteiger partial charge in [0, 0.05) is 32.4 Å². The lowest BCUT2D eigenvalue weighted by molar-refractivity contribution is 0.571. The number of nitrogens with one attached hydrogen (secondary N) is 1. The Morgan fingerprint density at radius 2 is 1.83 bits per heavy atom. The van der Waals surface area contributed by atoms with Crippen molar-refractivity contribution in [1.82, 2.24) is 19.9 Å². The van der Waals surface area contributed by atoms with Crippen molar-refractivity contribution in [2.45, 2.75) is 14.0 Å². The zero-order valence-corrected chi connectivity index (χ0v) is 12.7. The predicted molar refractivity (Wildman–Crippen MR) is 94.8 cm³/mol. The zero-order valence-electron chi connectivity index (χ0n) is 12.7. The number of anilines is 1. The molecule has 0 radical (unpaired) electrons. The maximum absolute atomic E-state index is 13.1. The van der Waals surface area contributed by atoms with Crippen molar-refractivity contribution in [3.05, 3.63) is 54.0 Å². The Labute approximate surface area is 141 Å². The van der Waals surface area contributed by atoms with Crippen LogP contribution in [-0.2, 0) is 6.54 Å². The second-order valence-corrected chi connectivity index (χ2v) is 5.71. The van der Waals surface area contributed by atoms with Gasteiger partial charge in [-0.25, -0.2) is 9.37 Å². The summed E-state index contributed by atoms with van der Waals surface area (Å²) in [6.07, 6.45) is 1.76. The van der Waals surface area contributed by atoms with Crippen molar-refractivity contribution in [3.63, 3.8) is 0 Å². The number of fused-ring (bicyclic) bond motifs is 1. The molecule has 0 saturated carbocycles. The summed E-state index contributed by atoms with van der Waals surface area (Å²) in [5.41, 5.74) is 2.81. The zero-order chi connectivity index (χ0) is 15.6. The molecule has 1 aliphatic rings. The van der Waals surface area contributed by atoms with Gasteiger partial charge in [-0.15, -0.1) is 0 Å². The third kappa shape index (κ3) is 3.10. The van der Waals surface area contributed by atoms with Gasteiger partial charge >= 0.3 is 0 Å². The van der Waals surface area contributed by atoms with E-state index in [2.05, 4.69) is 19.8 Å². The molecule has 3 aromatic rings. The molecule has 0 amide bonds. The van der Waals surface area contributed by atoms with E-state index in [4.69, 9.17) is 4.98 Å².